The van der Waals surface area contributed by atoms with Crippen LogP contribution in [-0.2, 0) is 19.4 Å². The van der Waals surface area contributed by atoms with Gasteiger partial charge in [0.05, 0.1) is 28.9 Å². The molecule has 1 amide bonds. The Balaban J connectivity index is 1.91. The first-order chi connectivity index (χ1) is 17.3. The first kappa shape index (κ1) is 27.9. The van der Waals surface area contributed by atoms with Crippen molar-refractivity contribution in [1.82, 2.24) is 4.90 Å². The SMILES string of the molecule is CC[C@@H](CS(=O)(=O)C1CC1)N1C(=O)[C@](C)(CC(=O)O)C[C@H](c2cc(F)cc(Cl)c2)[C@H]1c1ccc(Cl)cc1. The van der Waals surface area contributed by atoms with Crippen LogP contribution in [0.3, 0.4) is 0 Å². The van der Waals surface area contributed by atoms with Gasteiger partial charge in [0.15, 0.2) is 9.84 Å². The second-order valence-corrected chi connectivity index (χ2v) is 13.6. The van der Waals surface area contributed by atoms with Crippen molar-refractivity contribution in [3.63, 3.8) is 0 Å². The van der Waals surface area contributed by atoms with E-state index in [2.05, 4.69) is 0 Å². The number of hydrogen-bond donors (Lipinski definition) is 1. The molecule has 1 aliphatic carbocycles. The predicted molar refractivity (Wildman–Crippen MR) is 141 cm³/mol. The van der Waals surface area contributed by atoms with Gasteiger partial charge in [0.2, 0.25) is 5.91 Å². The molecule has 1 saturated carbocycles. The number of rotatable bonds is 9. The van der Waals surface area contributed by atoms with E-state index in [-0.39, 0.29) is 17.2 Å². The van der Waals surface area contributed by atoms with E-state index < -0.39 is 62.6 Å². The molecule has 0 aromatic heterocycles. The number of carboxylic acid groups (broad SMARTS) is 1. The minimum absolute atomic E-state index is 0.119. The Morgan fingerprint density at radius 2 is 1.78 bits per heavy atom. The number of benzene rings is 2. The van der Waals surface area contributed by atoms with Gasteiger partial charge in [0.1, 0.15) is 5.82 Å². The number of halogens is 3. The number of carbonyl (C=O) groups excluding carboxylic acids is 1. The van der Waals surface area contributed by atoms with Gasteiger partial charge in [0.25, 0.3) is 0 Å². The van der Waals surface area contributed by atoms with Crippen molar-refractivity contribution in [3.05, 3.63) is 69.5 Å². The Kier molecular flexibility index (Phi) is 7.94. The molecule has 1 saturated heterocycles. The number of sulfone groups is 1. The molecule has 1 N–H and O–H groups in total. The van der Waals surface area contributed by atoms with E-state index in [0.717, 1.165) is 0 Å². The van der Waals surface area contributed by atoms with Crippen molar-refractivity contribution in [2.24, 2.45) is 5.41 Å². The van der Waals surface area contributed by atoms with Crippen LogP contribution in [0.5, 0.6) is 0 Å². The van der Waals surface area contributed by atoms with Crippen LogP contribution in [0.1, 0.15) is 69.0 Å². The summed E-state index contributed by atoms with van der Waals surface area (Å²) in [6, 6.07) is 9.67. The lowest BCUT2D eigenvalue weighted by atomic mass is 9.67. The molecule has 200 valence electrons. The number of amides is 1. The molecule has 10 heteroatoms. The van der Waals surface area contributed by atoms with Gasteiger partial charge in [0, 0.05) is 22.0 Å². The van der Waals surface area contributed by atoms with Crippen LogP contribution in [-0.4, -0.2) is 47.3 Å². The van der Waals surface area contributed by atoms with E-state index >= 15 is 0 Å². The fourth-order valence-electron chi connectivity index (χ4n) is 5.56. The van der Waals surface area contributed by atoms with E-state index in [4.69, 9.17) is 23.2 Å². The van der Waals surface area contributed by atoms with Gasteiger partial charge in [-0.1, -0.05) is 49.2 Å². The fourth-order valence-corrected chi connectivity index (χ4v) is 7.97. The second-order valence-electron chi connectivity index (χ2n) is 10.4. The molecule has 0 spiro atoms. The molecule has 6 nitrogen and oxygen atoms in total. The maximum absolute atomic E-state index is 14.5. The van der Waals surface area contributed by atoms with E-state index in [0.29, 0.717) is 35.4 Å². The molecule has 2 aliphatic rings. The van der Waals surface area contributed by atoms with E-state index in [1.54, 1.807) is 42.2 Å². The van der Waals surface area contributed by atoms with Crippen molar-refractivity contribution in [1.29, 1.82) is 0 Å². The Morgan fingerprint density at radius 3 is 2.32 bits per heavy atom. The lowest BCUT2D eigenvalue weighted by molar-refractivity contribution is -0.160. The number of aliphatic carboxylic acids is 1. The summed E-state index contributed by atoms with van der Waals surface area (Å²) in [6.07, 6.45) is 1.24. The van der Waals surface area contributed by atoms with Crippen LogP contribution in [0.15, 0.2) is 42.5 Å². The summed E-state index contributed by atoms with van der Waals surface area (Å²) in [4.78, 5) is 27.6. The molecule has 37 heavy (non-hydrogen) atoms. The number of nitrogens with zero attached hydrogens (tertiary/aromatic N) is 1. The van der Waals surface area contributed by atoms with Gasteiger partial charge in [-0.3, -0.25) is 9.59 Å². The fraction of sp³-hybridized carbons (Fsp3) is 0.481. The van der Waals surface area contributed by atoms with E-state index in [1.165, 1.54) is 12.1 Å². The summed E-state index contributed by atoms with van der Waals surface area (Å²) < 4.78 is 40.7. The van der Waals surface area contributed by atoms with E-state index in [9.17, 15) is 27.5 Å². The monoisotopic (exact) mass is 569 g/mol. The third-order valence-corrected chi connectivity index (χ3v) is 10.3. The first-order valence-electron chi connectivity index (χ1n) is 12.3. The van der Waals surface area contributed by atoms with Crippen LogP contribution in [0, 0.1) is 11.2 Å². The molecule has 0 bridgehead atoms. The molecule has 4 atom stereocenters. The molecule has 2 aromatic carbocycles. The summed E-state index contributed by atoms with van der Waals surface area (Å²) in [5.41, 5.74) is -0.128. The maximum atomic E-state index is 14.5. The molecule has 2 fully saturated rings. The smallest absolute Gasteiger partial charge is 0.304 e. The molecule has 1 aliphatic heterocycles. The third-order valence-electron chi connectivity index (χ3n) is 7.49. The molecule has 0 radical (unpaired) electrons. The summed E-state index contributed by atoms with van der Waals surface area (Å²) in [5.74, 6) is -2.89. The summed E-state index contributed by atoms with van der Waals surface area (Å²) in [6.45, 7) is 3.40. The van der Waals surface area contributed by atoms with Crippen LogP contribution >= 0.6 is 23.2 Å². The minimum atomic E-state index is -3.45. The average Bonchev–Trinajstić information content (AvgIpc) is 3.65. The topological polar surface area (TPSA) is 91.8 Å². The Hall–Kier alpha value is -2.16. The molecule has 0 unspecified atom stereocenters. The van der Waals surface area contributed by atoms with Crippen molar-refractivity contribution in [3.8, 4) is 0 Å². The summed E-state index contributed by atoms with van der Waals surface area (Å²) in [5, 5.41) is 9.96. The standard InChI is InChI=1S/C27H30Cl2FNO5S/c1-3-21(15-37(35,36)22-8-9-22)31-25(16-4-6-18(28)7-5-16)23(17-10-19(29)12-20(30)11-17)13-27(2,26(31)34)14-24(32)33/h4-7,10-12,21-23,25H,3,8-9,13-15H2,1-2H3,(H,32,33)/t21-,23+,25+,27-/m0/s1. The maximum Gasteiger partial charge on any atom is 0.304 e. The highest BCUT2D eigenvalue weighted by atomic mass is 35.5. The van der Waals surface area contributed by atoms with Crippen molar-refractivity contribution in [2.45, 2.75) is 69.2 Å². The third kappa shape index (κ3) is 5.96. The van der Waals surface area contributed by atoms with Crippen LogP contribution in [0.25, 0.3) is 0 Å². The van der Waals surface area contributed by atoms with Gasteiger partial charge in [-0.2, -0.15) is 0 Å². The Morgan fingerprint density at radius 1 is 1.14 bits per heavy atom. The van der Waals surface area contributed by atoms with Gasteiger partial charge in [-0.25, -0.2) is 12.8 Å². The molecule has 4 rings (SSSR count). The lowest BCUT2D eigenvalue weighted by Gasteiger charge is -2.51. The number of carboxylic acids is 1. The normalized spacial score (nSPS) is 25.2. The lowest BCUT2D eigenvalue weighted by Crippen LogP contribution is -2.57. The van der Waals surface area contributed by atoms with Crippen molar-refractivity contribution in [2.75, 3.05) is 5.75 Å². The van der Waals surface area contributed by atoms with Gasteiger partial charge in [-0.15, -0.1) is 0 Å². The Bertz CT molecular complexity index is 1280. The molecular weight excluding hydrogens is 540 g/mol. The number of likely N-dealkylation sites (tertiary alicyclic amines) is 1. The zero-order chi connectivity index (χ0) is 27.1. The summed E-state index contributed by atoms with van der Waals surface area (Å²) in [7, 11) is -3.45. The highest BCUT2D eigenvalue weighted by molar-refractivity contribution is 7.92. The molecule has 1 heterocycles. The van der Waals surface area contributed by atoms with Crippen LogP contribution in [0.2, 0.25) is 10.0 Å². The largest absolute Gasteiger partial charge is 0.481 e. The van der Waals surface area contributed by atoms with Gasteiger partial charge < -0.3 is 10.0 Å². The number of piperidine rings is 1. The average molecular weight is 571 g/mol. The minimum Gasteiger partial charge on any atom is -0.481 e. The van der Waals surface area contributed by atoms with E-state index in [1.807, 2.05) is 6.92 Å². The first-order valence-corrected chi connectivity index (χ1v) is 14.8. The van der Waals surface area contributed by atoms with Crippen LogP contribution < -0.4 is 0 Å². The predicted octanol–water partition coefficient (Wildman–Crippen LogP) is 6.03. The van der Waals surface area contributed by atoms with Crippen molar-refractivity contribution >= 4 is 44.9 Å². The van der Waals surface area contributed by atoms with Gasteiger partial charge >= 0.3 is 5.97 Å². The highest BCUT2D eigenvalue weighted by Crippen LogP contribution is 2.52. The quantitative estimate of drug-likeness (QED) is 0.398. The van der Waals surface area contributed by atoms with Crippen molar-refractivity contribution < 1.29 is 27.5 Å². The van der Waals surface area contributed by atoms with Crippen LogP contribution in [0.4, 0.5) is 4.39 Å². The Labute approximate surface area is 226 Å². The zero-order valence-corrected chi connectivity index (χ0v) is 23.0. The number of hydrogen-bond acceptors (Lipinski definition) is 4. The number of carbonyl (C=O) groups is 2. The highest BCUT2D eigenvalue weighted by Gasteiger charge is 2.53. The second kappa shape index (κ2) is 10.5. The zero-order valence-electron chi connectivity index (χ0n) is 20.7. The summed E-state index contributed by atoms with van der Waals surface area (Å²) >= 11 is 12.4. The van der Waals surface area contributed by atoms with Gasteiger partial charge in [-0.05, 0) is 67.1 Å². The molecular formula is C27H30Cl2FNO5S. The molecule has 2 aromatic rings.